The van der Waals surface area contributed by atoms with E-state index in [1.165, 1.54) is 17.3 Å². The number of carbonyl (C=O) groups is 1. The Hall–Kier alpha value is -2.19. The van der Waals surface area contributed by atoms with Gasteiger partial charge in [-0.25, -0.2) is 4.98 Å². The van der Waals surface area contributed by atoms with Crippen molar-refractivity contribution in [2.75, 3.05) is 11.1 Å². The molecule has 8 heteroatoms. The van der Waals surface area contributed by atoms with Crippen LogP contribution in [-0.4, -0.2) is 31.4 Å². The summed E-state index contributed by atoms with van der Waals surface area (Å²) in [6.07, 6.45) is 2.74. The van der Waals surface area contributed by atoms with Gasteiger partial charge in [-0.1, -0.05) is 42.1 Å². The van der Waals surface area contributed by atoms with Crippen LogP contribution in [0.3, 0.4) is 0 Å². The van der Waals surface area contributed by atoms with Crippen molar-refractivity contribution in [2.24, 2.45) is 7.05 Å². The van der Waals surface area contributed by atoms with Gasteiger partial charge in [-0.2, -0.15) is 0 Å². The third-order valence-corrected chi connectivity index (χ3v) is 6.03. The number of nitrogens with one attached hydrogen (secondary N) is 1. The summed E-state index contributed by atoms with van der Waals surface area (Å²) in [6, 6.07) is 14.1. The first-order valence-electron chi connectivity index (χ1n) is 8.60. The lowest BCUT2D eigenvalue weighted by atomic mass is 10.1. The van der Waals surface area contributed by atoms with Gasteiger partial charge in [0.05, 0.1) is 5.75 Å². The summed E-state index contributed by atoms with van der Waals surface area (Å²) in [6.45, 7) is 0. The lowest BCUT2D eigenvalue weighted by molar-refractivity contribution is -0.113. The van der Waals surface area contributed by atoms with E-state index in [1.54, 1.807) is 12.3 Å². The summed E-state index contributed by atoms with van der Waals surface area (Å²) in [7, 11) is 1.96. The Labute approximate surface area is 169 Å². The average Bonchev–Trinajstić information content (AvgIpc) is 3.39. The summed E-state index contributed by atoms with van der Waals surface area (Å²) in [4.78, 5) is 16.3. The van der Waals surface area contributed by atoms with Gasteiger partial charge in [-0.05, 0) is 46.0 Å². The fraction of sp³-hybridized carbons (Fsp3) is 0.263. The first kappa shape index (κ1) is 18.2. The van der Waals surface area contributed by atoms with Crippen molar-refractivity contribution in [3.05, 3.63) is 64.5 Å². The van der Waals surface area contributed by atoms with Crippen LogP contribution in [0.4, 0.5) is 5.82 Å². The molecule has 1 aromatic carbocycles. The highest BCUT2D eigenvalue weighted by Gasteiger charge is 2.42. The lowest BCUT2D eigenvalue weighted by Crippen LogP contribution is -2.15. The third kappa shape index (κ3) is 4.22. The van der Waals surface area contributed by atoms with E-state index < -0.39 is 0 Å². The molecule has 1 saturated carbocycles. The zero-order valence-corrected chi connectivity index (χ0v) is 17.1. The molecule has 0 bridgehead atoms. The van der Waals surface area contributed by atoms with E-state index in [1.807, 2.05) is 23.7 Å². The van der Waals surface area contributed by atoms with Gasteiger partial charge >= 0.3 is 0 Å². The van der Waals surface area contributed by atoms with Crippen molar-refractivity contribution in [3.8, 4) is 0 Å². The second-order valence-corrected chi connectivity index (χ2v) is 8.32. The van der Waals surface area contributed by atoms with Crippen LogP contribution in [-0.2, 0) is 11.8 Å². The number of hydrogen-bond acceptors (Lipinski definition) is 5. The number of amides is 1. The Morgan fingerprint density at radius 1 is 1.22 bits per heavy atom. The molecule has 1 fully saturated rings. The second kappa shape index (κ2) is 7.82. The highest BCUT2D eigenvalue weighted by Crippen LogP contribution is 2.54. The van der Waals surface area contributed by atoms with Gasteiger partial charge in [0.15, 0.2) is 5.16 Å². The van der Waals surface area contributed by atoms with Gasteiger partial charge in [-0.3, -0.25) is 4.79 Å². The molecule has 3 aromatic rings. The molecule has 138 valence electrons. The predicted octanol–water partition coefficient (Wildman–Crippen LogP) is 3.97. The van der Waals surface area contributed by atoms with E-state index in [0.29, 0.717) is 17.7 Å². The molecule has 0 spiro atoms. The molecule has 2 heterocycles. The van der Waals surface area contributed by atoms with Crippen molar-refractivity contribution in [1.29, 1.82) is 0 Å². The lowest BCUT2D eigenvalue weighted by Gasteiger charge is -2.05. The maximum absolute atomic E-state index is 12.1. The number of rotatable bonds is 6. The minimum atomic E-state index is -0.118. The largest absolute Gasteiger partial charge is 0.310 e. The normalized spacial score (nSPS) is 18.3. The van der Waals surface area contributed by atoms with E-state index in [9.17, 15) is 4.79 Å². The zero-order valence-electron chi connectivity index (χ0n) is 14.7. The maximum atomic E-state index is 12.1. The van der Waals surface area contributed by atoms with Crippen molar-refractivity contribution in [2.45, 2.75) is 23.4 Å². The van der Waals surface area contributed by atoms with Crippen molar-refractivity contribution < 1.29 is 4.79 Å². The molecule has 27 heavy (non-hydrogen) atoms. The number of thioether (sulfide) groups is 1. The van der Waals surface area contributed by atoms with Gasteiger partial charge in [0.25, 0.3) is 0 Å². The number of aromatic nitrogens is 4. The monoisotopic (exact) mass is 443 g/mol. The van der Waals surface area contributed by atoms with Crippen molar-refractivity contribution in [3.63, 3.8) is 0 Å². The van der Waals surface area contributed by atoms with Crippen LogP contribution in [0.1, 0.15) is 29.6 Å². The quantitative estimate of drug-likeness (QED) is 0.583. The number of halogens is 1. The first-order chi connectivity index (χ1) is 13.1. The molecule has 4 rings (SSSR count). The Kier molecular flexibility index (Phi) is 5.27. The molecule has 1 aliphatic carbocycles. The van der Waals surface area contributed by atoms with Crippen LogP contribution >= 0.6 is 27.7 Å². The SMILES string of the molecule is Cn1c(SCC(=O)Nc2ccc(Br)cn2)nnc1C1CC1c1ccccc1. The molecular formula is C19H18BrN5OS. The summed E-state index contributed by atoms with van der Waals surface area (Å²) in [5.74, 6) is 2.58. The maximum Gasteiger partial charge on any atom is 0.236 e. The highest BCUT2D eigenvalue weighted by molar-refractivity contribution is 9.10. The molecule has 2 unspecified atom stereocenters. The average molecular weight is 444 g/mol. The third-order valence-electron chi connectivity index (χ3n) is 4.55. The topological polar surface area (TPSA) is 72.7 Å². The van der Waals surface area contributed by atoms with Gasteiger partial charge in [-0.15, -0.1) is 10.2 Å². The summed E-state index contributed by atoms with van der Waals surface area (Å²) in [5.41, 5.74) is 1.35. The van der Waals surface area contributed by atoms with Gasteiger partial charge in [0, 0.05) is 23.6 Å². The Bertz CT molecular complexity index is 944. The Morgan fingerprint density at radius 2 is 2.04 bits per heavy atom. The van der Waals surface area contributed by atoms with Crippen LogP contribution in [0, 0.1) is 0 Å². The van der Waals surface area contributed by atoms with E-state index in [-0.39, 0.29) is 11.7 Å². The fourth-order valence-electron chi connectivity index (χ4n) is 3.08. The summed E-state index contributed by atoms with van der Waals surface area (Å²) < 4.78 is 2.87. The number of hydrogen-bond donors (Lipinski definition) is 1. The molecule has 0 radical (unpaired) electrons. The minimum absolute atomic E-state index is 0.118. The smallest absolute Gasteiger partial charge is 0.236 e. The predicted molar refractivity (Wildman–Crippen MR) is 109 cm³/mol. The van der Waals surface area contributed by atoms with E-state index in [2.05, 4.69) is 60.7 Å². The zero-order chi connectivity index (χ0) is 18.8. The molecule has 6 nitrogen and oxygen atoms in total. The van der Waals surface area contributed by atoms with Crippen LogP contribution in [0.25, 0.3) is 0 Å². The van der Waals surface area contributed by atoms with Gasteiger partial charge in [0.2, 0.25) is 5.91 Å². The Morgan fingerprint density at radius 3 is 2.78 bits per heavy atom. The van der Waals surface area contributed by atoms with Crippen LogP contribution in [0.15, 0.2) is 58.3 Å². The number of carbonyl (C=O) groups excluding carboxylic acids is 1. The molecule has 1 amide bonds. The molecule has 2 atom stereocenters. The highest BCUT2D eigenvalue weighted by atomic mass is 79.9. The first-order valence-corrected chi connectivity index (χ1v) is 10.4. The fourth-order valence-corrected chi connectivity index (χ4v) is 4.04. The molecule has 0 saturated heterocycles. The Balaban J connectivity index is 1.34. The second-order valence-electron chi connectivity index (χ2n) is 6.46. The molecular weight excluding hydrogens is 426 g/mol. The van der Waals surface area contributed by atoms with E-state index in [0.717, 1.165) is 21.9 Å². The van der Waals surface area contributed by atoms with Gasteiger partial charge < -0.3 is 9.88 Å². The van der Waals surface area contributed by atoms with Gasteiger partial charge in [0.1, 0.15) is 11.6 Å². The molecule has 0 aliphatic heterocycles. The van der Waals surface area contributed by atoms with E-state index in [4.69, 9.17) is 0 Å². The number of anilines is 1. The van der Waals surface area contributed by atoms with Crippen molar-refractivity contribution >= 4 is 39.4 Å². The van der Waals surface area contributed by atoms with E-state index >= 15 is 0 Å². The minimum Gasteiger partial charge on any atom is -0.310 e. The standard InChI is InChI=1S/C19H18BrN5OS/c1-25-18(15-9-14(15)12-5-3-2-4-6-12)23-24-19(25)27-11-17(26)22-16-8-7-13(20)10-21-16/h2-8,10,14-15H,9,11H2,1H3,(H,21,22,26). The van der Waals surface area contributed by atoms with Crippen LogP contribution in [0.5, 0.6) is 0 Å². The number of benzene rings is 1. The molecule has 1 N–H and O–H groups in total. The van der Waals surface area contributed by atoms with Crippen LogP contribution < -0.4 is 5.32 Å². The summed E-state index contributed by atoms with van der Waals surface area (Å²) in [5, 5.41) is 12.2. The van der Waals surface area contributed by atoms with Crippen molar-refractivity contribution in [1.82, 2.24) is 19.7 Å². The van der Waals surface area contributed by atoms with Crippen LogP contribution in [0.2, 0.25) is 0 Å². The molecule has 2 aromatic heterocycles. The number of pyridine rings is 1. The summed E-state index contributed by atoms with van der Waals surface area (Å²) >= 11 is 4.70. The number of nitrogens with zero attached hydrogens (tertiary/aromatic N) is 4. The molecule has 1 aliphatic rings.